The van der Waals surface area contributed by atoms with Crippen LogP contribution in [-0.2, 0) is 11.3 Å². The van der Waals surface area contributed by atoms with Gasteiger partial charge in [-0.05, 0) is 61.6 Å². The van der Waals surface area contributed by atoms with E-state index in [1.54, 1.807) is 24.3 Å². The number of ketones is 1. The minimum absolute atomic E-state index is 0.0255. The summed E-state index contributed by atoms with van der Waals surface area (Å²) in [5.41, 5.74) is 0.597. The molecule has 5 heteroatoms. The molecule has 1 aromatic heterocycles. The number of hydrogen-bond donors (Lipinski definition) is 0. The number of benzene rings is 1. The van der Waals surface area contributed by atoms with Crippen LogP contribution in [0.1, 0.15) is 66.8 Å². The zero-order chi connectivity index (χ0) is 19.0. The molecule has 0 aliphatic heterocycles. The average molecular weight is 386 g/mol. The summed E-state index contributed by atoms with van der Waals surface area (Å²) in [5.74, 6) is 3.12. The lowest BCUT2D eigenvalue weighted by molar-refractivity contribution is -0.132. The van der Waals surface area contributed by atoms with Crippen LogP contribution < -0.4 is 0 Å². The van der Waals surface area contributed by atoms with E-state index in [4.69, 9.17) is 16.0 Å². The summed E-state index contributed by atoms with van der Waals surface area (Å²) in [5, 5.41) is 0.598. The van der Waals surface area contributed by atoms with Crippen LogP contribution in [0.5, 0.6) is 0 Å². The first kappa shape index (κ1) is 18.3. The van der Waals surface area contributed by atoms with Gasteiger partial charge in [0, 0.05) is 35.4 Å². The standard InChI is InChI=1S/C22H24ClNO3/c1-14-12-19(14)21-10-8-18(27-21)13-24(17-6-7-17)22(26)11-9-20(25)15-2-4-16(23)5-3-15/h2-5,8,10,14,17,19H,6-7,9,11-13H2,1H3. The highest BCUT2D eigenvalue weighted by atomic mass is 35.5. The van der Waals surface area contributed by atoms with E-state index in [0.29, 0.717) is 29.0 Å². The summed E-state index contributed by atoms with van der Waals surface area (Å²) in [6.45, 7) is 2.73. The number of amides is 1. The van der Waals surface area contributed by atoms with Crippen molar-refractivity contribution in [1.82, 2.24) is 4.90 Å². The lowest BCUT2D eigenvalue weighted by Crippen LogP contribution is -2.32. The number of nitrogens with zero attached hydrogens (tertiary/aromatic N) is 1. The van der Waals surface area contributed by atoms with Gasteiger partial charge in [0.25, 0.3) is 0 Å². The normalized spacial score (nSPS) is 21.1. The topological polar surface area (TPSA) is 50.5 Å². The van der Waals surface area contributed by atoms with Gasteiger partial charge in [0.1, 0.15) is 11.5 Å². The van der Waals surface area contributed by atoms with Gasteiger partial charge in [-0.25, -0.2) is 0 Å². The summed E-state index contributed by atoms with van der Waals surface area (Å²) in [6, 6.07) is 11.1. The second-order valence-corrected chi connectivity index (χ2v) is 8.24. The van der Waals surface area contributed by atoms with Gasteiger partial charge in [0.2, 0.25) is 5.91 Å². The van der Waals surface area contributed by atoms with Crippen LogP contribution in [-0.4, -0.2) is 22.6 Å². The molecule has 0 radical (unpaired) electrons. The van der Waals surface area contributed by atoms with Crippen LogP contribution in [0.15, 0.2) is 40.8 Å². The van der Waals surface area contributed by atoms with Gasteiger partial charge >= 0.3 is 0 Å². The van der Waals surface area contributed by atoms with Gasteiger partial charge in [-0.1, -0.05) is 18.5 Å². The number of carbonyl (C=O) groups excluding carboxylic acids is 2. The van der Waals surface area contributed by atoms with Crippen LogP contribution in [0.2, 0.25) is 5.02 Å². The lowest BCUT2D eigenvalue weighted by atomic mass is 10.1. The molecule has 2 fully saturated rings. The maximum atomic E-state index is 12.7. The smallest absolute Gasteiger partial charge is 0.223 e. The molecule has 0 bridgehead atoms. The second-order valence-electron chi connectivity index (χ2n) is 7.81. The van der Waals surface area contributed by atoms with Crippen molar-refractivity contribution in [3.63, 3.8) is 0 Å². The fraction of sp³-hybridized carbons (Fsp3) is 0.455. The minimum atomic E-state index is -0.0289. The quantitative estimate of drug-likeness (QED) is 0.586. The minimum Gasteiger partial charge on any atom is -0.464 e. The van der Waals surface area contributed by atoms with E-state index in [-0.39, 0.29) is 30.6 Å². The van der Waals surface area contributed by atoms with Crippen molar-refractivity contribution in [1.29, 1.82) is 0 Å². The van der Waals surface area contributed by atoms with Crippen LogP contribution in [0.25, 0.3) is 0 Å². The van der Waals surface area contributed by atoms with Crippen molar-refractivity contribution in [3.05, 3.63) is 58.5 Å². The molecular formula is C22H24ClNO3. The Morgan fingerprint density at radius 3 is 2.44 bits per heavy atom. The third kappa shape index (κ3) is 4.44. The maximum absolute atomic E-state index is 12.7. The molecule has 0 saturated heterocycles. The molecule has 0 spiro atoms. The van der Waals surface area contributed by atoms with Crippen LogP contribution >= 0.6 is 11.6 Å². The van der Waals surface area contributed by atoms with Gasteiger partial charge in [-0.15, -0.1) is 0 Å². The molecule has 2 aromatic rings. The van der Waals surface area contributed by atoms with Gasteiger partial charge in [-0.2, -0.15) is 0 Å². The molecule has 2 atom stereocenters. The zero-order valence-corrected chi connectivity index (χ0v) is 16.2. The number of hydrogen-bond acceptors (Lipinski definition) is 3. The molecule has 2 aliphatic carbocycles. The fourth-order valence-corrected chi connectivity index (χ4v) is 3.64. The zero-order valence-electron chi connectivity index (χ0n) is 15.5. The third-order valence-electron chi connectivity index (χ3n) is 5.52. The molecule has 1 amide bonds. The molecule has 2 saturated carbocycles. The van der Waals surface area contributed by atoms with Gasteiger partial charge in [0.05, 0.1) is 6.54 Å². The number of furan rings is 1. The van der Waals surface area contributed by atoms with E-state index < -0.39 is 0 Å². The van der Waals surface area contributed by atoms with Crippen LogP contribution in [0.3, 0.4) is 0 Å². The number of Topliss-reactive ketones (excluding diaryl/α,β-unsaturated/α-hetero) is 1. The van der Waals surface area contributed by atoms with E-state index in [9.17, 15) is 9.59 Å². The van der Waals surface area contributed by atoms with Crippen molar-refractivity contribution >= 4 is 23.3 Å². The molecule has 2 aliphatic rings. The number of rotatable bonds is 8. The van der Waals surface area contributed by atoms with Gasteiger partial charge in [0.15, 0.2) is 5.78 Å². The highest BCUT2D eigenvalue weighted by Gasteiger charge is 2.37. The molecule has 2 unspecified atom stereocenters. The first-order valence-electron chi connectivity index (χ1n) is 9.68. The molecule has 4 rings (SSSR count). The molecule has 27 heavy (non-hydrogen) atoms. The van der Waals surface area contributed by atoms with E-state index >= 15 is 0 Å². The predicted molar refractivity (Wildman–Crippen MR) is 104 cm³/mol. The first-order valence-corrected chi connectivity index (χ1v) is 10.1. The van der Waals surface area contributed by atoms with Gasteiger partial charge in [-0.3, -0.25) is 9.59 Å². The molecule has 1 aromatic carbocycles. The van der Waals surface area contributed by atoms with Crippen molar-refractivity contribution in [2.45, 2.75) is 57.5 Å². The molecule has 4 nitrogen and oxygen atoms in total. The number of carbonyl (C=O) groups is 2. The van der Waals surface area contributed by atoms with E-state index in [0.717, 1.165) is 24.4 Å². The predicted octanol–water partition coefficient (Wildman–Crippen LogP) is 5.21. The largest absolute Gasteiger partial charge is 0.464 e. The summed E-state index contributed by atoms with van der Waals surface area (Å²) < 4.78 is 5.97. The number of halogens is 1. The fourth-order valence-electron chi connectivity index (χ4n) is 3.52. The lowest BCUT2D eigenvalue weighted by Gasteiger charge is -2.21. The highest BCUT2D eigenvalue weighted by molar-refractivity contribution is 6.30. The summed E-state index contributed by atoms with van der Waals surface area (Å²) >= 11 is 5.86. The monoisotopic (exact) mass is 385 g/mol. The average Bonchev–Trinajstić information content (AvgIpc) is 3.58. The molecule has 1 heterocycles. The second kappa shape index (κ2) is 7.51. The van der Waals surface area contributed by atoms with E-state index in [1.807, 2.05) is 17.0 Å². The van der Waals surface area contributed by atoms with Gasteiger partial charge < -0.3 is 9.32 Å². The molecular weight excluding hydrogens is 362 g/mol. The third-order valence-corrected chi connectivity index (χ3v) is 5.78. The van der Waals surface area contributed by atoms with Crippen LogP contribution in [0.4, 0.5) is 0 Å². The highest BCUT2D eigenvalue weighted by Crippen LogP contribution is 2.47. The maximum Gasteiger partial charge on any atom is 0.223 e. The van der Waals surface area contributed by atoms with Crippen LogP contribution in [0, 0.1) is 5.92 Å². The Kier molecular flexibility index (Phi) is 5.09. The Labute approximate surface area is 164 Å². The SMILES string of the molecule is CC1CC1c1ccc(CN(C(=O)CCC(=O)c2ccc(Cl)cc2)C2CC2)o1. The Bertz CT molecular complexity index is 837. The Morgan fingerprint density at radius 1 is 1.11 bits per heavy atom. The van der Waals surface area contributed by atoms with Crippen molar-refractivity contribution in [2.75, 3.05) is 0 Å². The summed E-state index contributed by atoms with van der Waals surface area (Å²) in [4.78, 5) is 26.9. The summed E-state index contributed by atoms with van der Waals surface area (Å²) in [7, 11) is 0. The molecule has 0 N–H and O–H groups in total. The van der Waals surface area contributed by atoms with Crippen molar-refractivity contribution in [2.24, 2.45) is 5.92 Å². The summed E-state index contributed by atoms with van der Waals surface area (Å²) in [6.07, 6.45) is 3.69. The molecule has 142 valence electrons. The van der Waals surface area contributed by atoms with E-state index in [1.165, 1.54) is 6.42 Å². The Hall–Kier alpha value is -2.07. The van der Waals surface area contributed by atoms with Crippen molar-refractivity contribution in [3.8, 4) is 0 Å². The van der Waals surface area contributed by atoms with Crippen molar-refractivity contribution < 1.29 is 14.0 Å². The first-order chi connectivity index (χ1) is 13.0. The van der Waals surface area contributed by atoms with E-state index in [2.05, 4.69) is 6.92 Å². The Morgan fingerprint density at radius 2 is 1.81 bits per heavy atom. The Balaban J connectivity index is 1.34.